The number of hydrogen-bond donors (Lipinski definition) is 3. The zero-order valence-corrected chi connectivity index (χ0v) is 12.0. The minimum absolute atomic E-state index is 0.0196. The van der Waals surface area contributed by atoms with E-state index in [4.69, 9.17) is 5.11 Å². The number of carbonyl (C=O) groups is 1. The van der Waals surface area contributed by atoms with Crippen molar-refractivity contribution in [1.29, 1.82) is 0 Å². The summed E-state index contributed by atoms with van der Waals surface area (Å²) < 4.78 is 27.4. The molecule has 0 aromatic carbocycles. The molecule has 0 spiro atoms. The monoisotopic (exact) mass is 305 g/mol. The van der Waals surface area contributed by atoms with Crippen molar-refractivity contribution >= 4 is 16.0 Å². The molecule has 0 aliphatic rings. The molecule has 1 aromatic rings. The Kier molecular flexibility index (Phi) is 6.11. The number of carboxylic acid groups (broad SMARTS) is 1. The summed E-state index contributed by atoms with van der Waals surface area (Å²) in [5.41, 5.74) is 0. The van der Waals surface area contributed by atoms with Gasteiger partial charge in [0.15, 0.2) is 0 Å². The van der Waals surface area contributed by atoms with Crippen molar-refractivity contribution in [2.45, 2.75) is 43.7 Å². The van der Waals surface area contributed by atoms with E-state index in [-0.39, 0.29) is 24.4 Å². The second-order valence-electron chi connectivity index (χ2n) is 4.33. The number of aryl methyl sites for hydroxylation is 1. The fourth-order valence-electron chi connectivity index (χ4n) is 1.46. The van der Waals surface area contributed by atoms with E-state index in [1.807, 2.05) is 6.92 Å². The predicted octanol–water partition coefficient (Wildman–Crippen LogP) is -0.203. The number of carboxylic acids is 1. The molecule has 0 amide bonds. The third kappa shape index (κ3) is 5.27. The highest BCUT2D eigenvalue weighted by Crippen LogP contribution is 2.07. The Labute approximate surface area is 117 Å². The molecule has 1 heterocycles. The number of aliphatic hydroxyl groups excluding tert-OH is 1. The summed E-state index contributed by atoms with van der Waals surface area (Å²) in [4.78, 5) is 10.4. The first-order valence-corrected chi connectivity index (χ1v) is 7.75. The molecule has 0 fully saturated rings. The minimum Gasteiger partial charge on any atom is -0.481 e. The van der Waals surface area contributed by atoms with Gasteiger partial charge in [-0.25, -0.2) is 13.1 Å². The number of hydrogen-bond acceptors (Lipinski definition) is 5. The highest BCUT2D eigenvalue weighted by atomic mass is 32.2. The van der Waals surface area contributed by atoms with E-state index in [9.17, 15) is 18.3 Å². The van der Waals surface area contributed by atoms with Crippen molar-refractivity contribution < 1.29 is 23.4 Å². The first-order chi connectivity index (χ1) is 9.35. The highest BCUT2D eigenvalue weighted by Gasteiger charge is 2.16. The largest absolute Gasteiger partial charge is 0.481 e. The second kappa shape index (κ2) is 7.36. The van der Waals surface area contributed by atoms with Crippen LogP contribution in [0.3, 0.4) is 0 Å². The summed E-state index contributed by atoms with van der Waals surface area (Å²) in [5.74, 6) is -0.975. The first kappa shape index (κ1) is 16.6. The van der Waals surface area contributed by atoms with Crippen LogP contribution in [0.5, 0.6) is 0 Å². The molecule has 114 valence electrons. The predicted molar refractivity (Wildman–Crippen MR) is 70.6 cm³/mol. The van der Waals surface area contributed by atoms with Crippen molar-refractivity contribution in [2.24, 2.45) is 0 Å². The van der Waals surface area contributed by atoms with Gasteiger partial charge in [-0.15, -0.1) is 0 Å². The average Bonchev–Trinajstić information content (AvgIpc) is 2.85. The molecule has 1 rings (SSSR count). The smallest absolute Gasteiger partial charge is 0.305 e. The molecular weight excluding hydrogens is 286 g/mol. The molecule has 0 aliphatic heterocycles. The maximum absolute atomic E-state index is 11.9. The number of aliphatic carboxylic acids is 1. The lowest BCUT2D eigenvalue weighted by molar-refractivity contribution is -0.137. The number of nitrogens with zero attached hydrogens (tertiary/aromatic N) is 2. The number of aliphatic hydroxyl groups is 1. The van der Waals surface area contributed by atoms with Crippen molar-refractivity contribution in [1.82, 2.24) is 14.5 Å². The molecule has 1 unspecified atom stereocenters. The van der Waals surface area contributed by atoms with E-state index in [0.29, 0.717) is 12.8 Å². The quantitative estimate of drug-likeness (QED) is 0.580. The fraction of sp³-hybridized carbons (Fsp3) is 0.636. The van der Waals surface area contributed by atoms with Gasteiger partial charge in [0.25, 0.3) is 0 Å². The molecule has 20 heavy (non-hydrogen) atoms. The van der Waals surface area contributed by atoms with Gasteiger partial charge in [-0.3, -0.25) is 9.48 Å². The molecular formula is C11H19N3O5S. The lowest BCUT2D eigenvalue weighted by Crippen LogP contribution is -2.27. The summed E-state index contributed by atoms with van der Waals surface area (Å²) in [6.07, 6.45) is 2.69. The Hall–Kier alpha value is -1.45. The van der Waals surface area contributed by atoms with Crippen LogP contribution in [0.2, 0.25) is 0 Å². The Morgan fingerprint density at radius 3 is 2.85 bits per heavy atom. The van der Waals surface area contributed by atoms with Gasteiger partial charge in [-0.2, -0.15) is 5.10 Å². The molecule has 8 nitrogen and oxygen atoms in total. The first-order valence-electron chi connectivity index (χ1n) is 6.27. The van der Waals surface area contributed by atoms with Crippen LogP contribution in [-0.2, 0) is 21.4 Å². The summed E-state index contributed by atoms with van der Waals surface area (Å²) >= 11 is 0. The molecule has 3 N–H and O–H groups in total. The Balaban J connectivity index is 2.57. The number of rotatable bonds is 9. The van der Waals surface area contributed by atoms with Crippen LogP contribution in [0.25, 0.3) is 0 Å². The summed E-state index contributed by atoms with van der Waals surface area (Å²) in [5, 5.41) is 21.7. The molecule has 9 heteroatoms. The maximum atomic E-state index is 11.9. The highest BCUT2D eigenvalue weighted by molar-refractivity contribution is 7.89. The normalized spacial score (nSPS) is 13.3. The zero-order chi connectivity index (χ0) is 15.2. The Morgan fingerprint density at radius 1 is 1.55 bits per heavy atom. The SMILES string of the molecule is CCC(O)CCNS(=O)(=O)c1cnn(CCC(=O)O)c1. The van der Waals surface area contributed by atoms with Crippen LogP contribution >= 0.6 is 0 Å². The van der Waals surface area contributed by atoms with Crippen LogP contribution in [0.4, 0.5) is 0 Å². The standard InChI is InChI=1S/C11H19N3O5S/c1-2-9(15)3-5-13-20(18,19)10-7-12-14(8-10)6-4-11(16)17/h7-9,13,15H,2-6H2,1H3,(H,16,17). The van der Waals surface area contributed by atoms with Crippen LogP contribution in [0.15, 0.2) is 17.3 Å². The van der Waals surface area contributed by atoms with Crippen LogP contribution in [0, 0.1) is 0 Å². The molecule has 1 aromatic heterocycles. The van der Waals surface area contributed by atoms with Crippen molar-refractivity contribution in [3.05, 3.63) is 12.4 Å². The van der Waals surface area contributed by atoms with E-state index >= 15 is 0 Å². The Morgan fingerprint density at radius 2 is 2.25 bits per heavy atom. The molecule has 0 saturated heterocycles. The van der Waals surface area contributed by atoms with Crippen molar-refractivity contribution in [2.75, 3.05) is 6.54 Å². The number of sulfonamides is 1. The Bertz CT molecular complexity index is 540. The topological polar surface area (TPSA) is 122 Å². The zero-order valence-electron chi connectivity index (χ0n) is 11.2. The van der Waals surface area contributed by atoms with Gasteiger partial charge in [0.1, 0.15) is 4.90 Å². The van der Waals surface area contributed by atoms with E-state index in [1.54, 1.807) is 0 Å². The molecule has 0 radical (unpaired) electrons. The van der Waals surface area contributed by atoms with Gasteiger partial charge >= 0.3 is 5.97 Å². The van der Waals surface area contributed by atoms with Gasteiger partial charge in [-0.1, -0.05) is 6.92 Å². The second-order valence-corrected chi connectivity index (χ2v) is 6.10. The average molecular weight is 305 g/mol. The maximum Gasteiger partial charge on any atom is 0.305 e. The van der Waals surface area contributed by atoms with Crippen molar-refractivity contribution in [3.63, 3.8) is 0 Å². The van der Waals surface area contributed by atoms with E-state index in [1.165, 1.54) is 17.1 Å². The van der Waals surface area contributed by atoms with Crippen LogP contribution in [-0.4, -0.2) is 47.0 Å². The number of aromatic nitrogens is 2. The summed E-state index contributed by atoms with van der Waals surface area (Å²) in [6.45, 7) is 2.06. The van der Waals surface area contributed by atoms with Gasteiger partial charge in [0.2, 0.25) is 10.0 Å². The van der Waals surface area contributed by atoms with Crippen LogP contribution in [0.1, 0.15) is 26.2 Å². The lowest BCUT2D eigenvalue weighted by Gasteiger charge is -2.08. The van der Waals surface area contributed by atoms with E-state index < -0.39 is 22.1 Å². The molecule has 1 atom stereocenters. The third-order valence-electron chi connectivity index (χ3n) is 2.72. The summed E-state index contributed by atoms with van der Waals surface area (Å²) in [7, 11) is -3.67. The molecule has 0 bridgehead atoms. The van der Waals surface area contributed by atoms with E-state index in [2.05, 4.69) is 9.82 Å². The van der Waals surface area contributed by atoms with Crippen LogP contribution < -0.4 is 4.72 Å². The van der Waals surface area contributed by atoms with Gasteiger partial charge in [0.05, 0.1) is 25.3 Å². The minimum atomic E-state index is -3.67. The molecule has 0 saturated carbocycles. The third-order valence-corrected chi connectivity index (χ3v) is 4.13. The number of nitrogens with one attached hydrogen (secondary N) is 1. The van der Waals surface area contributed by atoms with Gasteiger partial charge < -0.3 is 10.2 Å². The van der Waals surface area contributed by atoms with Gasteiger partial charge in [0, 0.05) is 12.7 Å². The molecule has 0 aliphatic carbocycles. The fourth-order valence-corrected chi connectivity index (χ4v) is 2.46. The van der Waals surface area contributed by atoms with E-state index in [0.717, 1.165) is 0 Å². The van der Waals surface area contributed by atoms with Crippen molar-refractivity contribution in [3.8, 4) is 0 Å². The van der Waals surface area contributed by atoms with Gasteiger partial charge in [-0.05, 0) is 12.8 Å². The summed E-state index contributed by atoms with van der Waals surface area (Å²) in [6, 6.07) is 0. The lowest BCUT2D eigenvalue weighted by atomic mass is 10.2.